The molecule has 2 aromatic rings. The Morgan fingerprint density at radius 1 is 1.39 bits per heavy atom. The van der Waals surface area contributed by atoms with Crippen LogP contribution in [0.25, 0.3) is 0 Å². The van der Waals surface area contributed by atoms with Crippen LogP contribution in [0, 0.1) is 6.92 Å². The van der Waals surface area contributed by atoms with Crippen molar-refractivity contribution in [3.05, 3.63) is 27.8 Å². The number of aryl methyl sites for hydroxylation is 2. The highest BCUT2D eigenvalue weighted by molar-refractivity contribution is 7.11. The molecule has 2 heterocycles. The van der Waals surface area contributed by atoms with Gasteiger partial charge in [0.15, 0.2) is 0 Å². The molecule has 3 N–H and O–H groups in total. The Balaban J connectivity index is 2.15. The predicted molar refractivity (Wildman–Crippen MR) is 74.7 cm³/mol. The van der Waals surface area contributed by atoms with Gasteiger partial charge in [-0.1, -0.05) is 6.92 Å². The fraction of sp³-hybridized carbons (Fsp3) is 0.417. The van der Waals surface area contributed by atoms with E-state index in [1.807, 2.05) is 13.1 Å². The van der Waals surface area contributed by atoms with Crippen LogP contribution in [0.2, 0.25) is 0 Å². The Bertz CT molecular complexity index is 537. The first kappa shape index (κ1) is 12.8. The van der Waals surface area contributed by atoms with Gasteiger partial charge in [-0.15, -0.1) is 11.3 Å². The Hall–Kier alpha value is -1.69. The second-order valence-electron chi connectivity index (χ2n) is 4.14. The van der Waals surface area contributed by atoms with Crippen LogP contribution in [-0.2, 0) is 6.42 Å². The summed E-state index contributed by atoms with van der Waals surface area (Å²) in [6, 6.07) is 0.114. The molecular formula is C12H17N5S. The van der Waals surface area contributed by atoms with Crippen LogP contribution in [0.5, 0.6) is 0 Å². The molecule has 0 saturated carbocycles. The number of thiazole rings is 1. The highest BCUT2D eigenvalue weighted by Crippen LogP contribution is 2.24. The van der Waals surface area contributed by atoms with Crippen LogP contribution in [0.3, 0.4) is 0 Å². The molecule has 2 rings (SSSR count). The number of nitrogens with zero attached hydrogens (tertiary/aromatic N) is 3. The maximum atomic E-state index is 5.59. The lowest BCUT2D eigenvalue weighted by atomic mass is 10.3. The summed E-state index contributed by atoms with van der Waals surface area (Å²) in [5, 5.41) is 4.38. The van der Waals surface area contributed by atoms with Crippen LogP contribution in [0.4, 0.5) is 11.8 Å². The molecule has 2 aromatic heterocycles. The zero-order valence-corrected chi connectivity index (χ0v) is 11.6. The predicted octanol–water partition coefficient (Wildman–Crippen LogP) is 2.56. The number of hydrogen-bond acceptors (Lipinski definition) is 6. The smallest absolute Gasteiger partial charge is 0.221 e. The van der Waals surface area contributed by atoms with Crippen LogP contribution in [0.1, 0.15) is 35.3 Å². The molecule has 1 atom stereocenters. The van der Waals surface area contributed by atoms with Gasteiger partial charge in [-0.3, -0.25) is 0 Å². The molecule has 0 aromatic carbocycles. The molecule has 6 heteroatoms. The number of aromatic nitrogens is 3. The Kier molecular flexibility index (Phi) is 3.76. The van der Waals surface area contributed by atoms with E-state index in [9.17, 15) is 0 Å². The van der Waals surface area contributed by atoms with Gasteiger partial charge in [-0.2, -0.15) is 4.98 Å². The van der Waals surface area contributed by atoms with Gasteiger partial charge in [0.2, 0.25) is 5.95 Å². The van der Waals surface area contributed by atoms with Gasteiger partial charge in [0.05, 0.1) is 6.04 Å². The van der Waals surface area contributed by atoms with Crippen molar-refractivity contribution in [1.82, 2.24) is 15.0 Å². The van der Waals surface area contributed by atoms with E-state index in [0.717, 1.165) is 22.8 Å². The second-order valence-corrected chi connectivity index (χ2v) is 5.29. The van der Waals surface area contributed by atoms with Gasteiger partial charge < -0.3 is 11.1 Å². The summed E-state index contributed by atoms with van der Waals surface area (Å²) < 4.78 is 0. The first-order valence-electron chi connectivity index (χ1n) is 5.90. The molecule has 18 heavy (non-hydrogen) atoms. The Morgan fingerprint density at radius 3 is 2.83 bits per heavy atom. The van der Waals surface area contributed by atoms with Gasteiger partial charge in [0, 0.05) is 22.8 Å². The van der Waals surface area contributed by atoms with Gasteiger partial charge in [-0.25, -0.2) is 9.97 Å². The third-order valence-corrected chi connectivity index (χ3v) is 3.96. The van der Waals surface area contributed by atoms with Gasteiger partial charge in [-0.05, 0) is 20.3 Å². The summed E-state index contributed by atoms with van der Waals surface area (Å²) in [4.78, 5) is 13.9. The maximum Gasteiger partial charge on any atom is 0.221 e. The SMILES string of the molecule is CCc1cnc(C(C)Nc2nc(N)ncc2C)s1. The third kappa shape index (κ3) is 2.76. The van der Waals surface area contributed by atoms with Crippen LogP contribution in [-0.4, -0.2) is 15.0 Å². The summed E-state index contributed by atoms with van der Waals surface area (Å²) in [6.07, 6.45) is 4.67. The average molecular weight is 263 g/mol. The summed E-state index contributed by atoms with van der Waals surface area (Å²) in [5.41, 5.74) is 6.57. The molecule has 5 nitrogen and oxygen atoms in total. The van der Waals surface area contributed by atoms with Gasteiger partial charge in [0.1, 0.15) is 10.8 Å². The van der Waals surface area contributed by atoms with Crippen molar-refractivity contribution in [2.24, 2.45) is 0 Å². The van der Waals surface area contributed by atoms with Crippen LogP contribution < -0.4 is 11.1 Å². The molecule has 0 fully saturated rings. The van der Waals surface area contributed by atoms with E-state index in [1.165, 1.54) is 4.88 Å². The third-order valence-electron chi connectivity index (χ3n) is 2.63. The van der Waals surface area contributed by atoms with E-state index < -0.39 is 0 Å². The first-order valence-corrected chi connectivity index (χ1v) is 6.72. The largest absolute Gasteiger partial charge is 0.368 e. The molecule has 96 valence electrons. The monoisotopic (exact) mass is 263 g/mol. The minimum Gasteiger partial charge on any atom is -0.368 e. The number of rotatable bonds is 4. The lowest BCUT2D eigenvalue weighted by Crippen LogP contribution is -2.10. The summed E-state index contributed by atoms with van der Waals surface area (Å²) in [6.45, 7) is 6.15. The van der Waals surface area contributed by atoms with Crippen LogP contribution >= 0.6 is 11.3 Å². The summed E-state index contributed by atoms with van der Waals surface area (Å²) in [7, 11) is 0. The van der Waals surface area contributed by atoms with Gasteiger partial charge in [0.25, 0.3) is 0 Å². The van der Waals surface area contributed by atoms with Crippen molar-refractivity contribution in [1.29, 1.82) is 0 Å². The first-order chi connectivity index (χ1) is 8.60. The van der Waals surface area contributed by atoms with E-state index in [-0.39, 0.29) is 12.0 Å². The highest BCUT2D eigenvalue weighted by atomic mass is 32.1. The fourth-order valence-corrected chi connectivity index (χ4v) is 2.41. The summed E-state index contributed by atoms with van der Waals surface area (Å²) >= 11 is 1.72. The molecule has 0 aliphatic carbocycles. The second kappa shape index (κ2) is 5.30. The van der Waals surface area contributed by atoms with E-state index in [0.29, 0.717) is 0 Å². The molecule has 0 bridgehead atoms. The van der Waals surface area contributed by atoms with Crippen molar-refractivity contribution < 1.29 is 0 Å². The molecule has 0 spiro atoms. The molecular weight excluding hydrogens is 246 g/mol. The molecule has 0 amide bonds. The zero-order chi connectivity index (χ0) is 13.1. The van der Waals surface area contributed by atoms with Crippen molar-refractivity contribution in [3.8, 4) is 0 Å². The zero-order valence-electron chi connectivity index (χ0n) is 10.8. The van der Waals surface area contributed by atoms with Crippen LogP contribution in [0.15, 0.2) is 12.4 Å². The normalized spacial score (nSPS) is 12.4. The number of anilines is 2. The molecule has 0 saturated heterocycles. The van der Waals surface area contributed by atoms with E-state index >= 15 is 0 Å². The Morgan fingerprint density at radius 2 is 2.17 bits per heavy atom. The Labute approximate surface area is 111 Å². The van der Waals surface area contributed by atoms with E-state index in [1.54, 1.807) is 17.5 Å². The number of nitrogen functional groups attached to an aromatic ring is 1. The fourth-order valence-electron chi connectivity index (χ4n) is 1.55. The topological polar surface area (TPSA) is 76.7 Å². The standard InChI is InChI=1S/C12H17N5S/c1-4-9-6-14-11(18-9)8(3)16-10-7(2)5-15-12(13)17-10/h5-6,8H,4H2,1-3H3,(H3,13,15,16,17). The number of nitrogens with two attached hydrogens (primary N) is 1. The van der Waals surface area contributed by atoms with Gasteiger partial charge >= 0.3 is 0 Å². The lowest BCUT2D eigenvalue weighted by Gasteiger charge is -2.13. The molecule has 1 unspecified atom stereocenters. The van der Waals surface area contributed by atoms with Crippen molar-refractivity contribution in [2.75, 3.05) is 11.1 Å². The van der Waals surface area contributed by atoms with Crippen molar-refractivity contribution in [3.63, 3.8) is 0 Å². The van der Waals surface area contributed by atoms with E-state index in [2.05, 4.69) is 34.1 Å². The summed E-state index contributed by atoms with van der Waals surface area (Å²) in [5.74, 6) is 1.05. The molecule has 0 aliphatic heterocycles. The molecule has 0 aliphatic rings. The molecule has 0 radical (unpaired) electrons. The highest BCUT2D eigenvalue weighted by Gasteiger charge is 2.12. The maximum absolute atomic E-state index is 5.59. The quantitative estimate of drug-likeness (QED) is 0.886. The lowest BCUT2D eigenvalue weighted by molar-refractivity contribution is 0.856. The minimum absolute atomic E-state index is 0.114. The van der Waals surface area contributed by atoms with E-state index in [4.69, 9.17) is 5.73 Å². The minimum atomic E-state index is 0.114. The average Bonchev–Trinajstić information content (AvgIpc) is 2.82. The van der Waals surface area contributed by atoms with Crippen molar-refractivity contribution >= 4 is 23.1 Å². The number of nitrogens with one attached hydrogen (secondary N) is 1. The number of hydrogen-bond donors (Lipinski definition) is 2. The van der Waals surface area contributed by atoms with Crippen molar-refractivity contribution in [2.45, 2.75) is 33.2 Å².